The standard InChI is InChI=1S/C13H18N4O5/c1-2-22-13(21)17-5-3-16(4-6-17)9-10(7-14)12(20)15-8-11(18)19/h9H,2-6,8H2,1H3,(H,15,20)(H,18,19)/b10-9-. The van der Waals surface area contributed by atoms with Crippen molar-refractivity contribution in [1.29, 1.82) is 5.26 Å². The molecule has 0 unspecified atom stereocenters. The molecule has 1 rings (SSSR count). The van der Waals surface area contributed by atoms with E-state index in [4.69, 9.17) is 15.1 Å². The molecule has 1 heterocycles. The lowest BCUT2D eigenvalue weighted by Gasteiger charge is -2.33. The van der Waals surface area contributed by atoms with Gasteiger partial charge in [0.1, 0.15) is 18.2 Å². The zero-order chi connectivity index (χ0) is 16.5. The molecule has 0 radical (unpaired) electrons. The van der Waals surface area contributed by atoms with Gasteiger partial charge in [-0.2, -0.15) is 5.26 Å². The van der Waals surface area contributed by atoms with E-state index in [1.807, 2.05) is 0 Å². The lowest BCUT2D eigenvalue weighted by Crippen LogP contribution is -2.47. The summed E-state index contributed by atoms with van der Waals surface area (Å²) in [5.41, 5.74) is -0.175. The van der Waals surface area contributed by atoms with Crippen molar-refractivity contribution in [1.82, 2.24) is 15.1 Å². The van der Waals surface area contributed by atoms with Crippen molar-refractivity contribution >= 4 is 18.0 Å². The number of amides is 2. The summed E-state index contributed by atoms with van der Waals surface area (Å²) in [7, 11) is 0. The summed E-state index contributed by atoms with van der Waals surface area (Å²) in [5, 5.41) is 19.6. The van der Waals surface area contributed by atoms with Crippen molar-refractivity contribution in [3.05, 3.63) is 11.8 Å². The van der Waals surface area contributed by atoms with Crippen LogP contribution in [0.4, 0.5) is 4.79 Å². The predicted octanol–water partition coefficient (Wildman–Crippen LogP) is -0.631. The van der Waals surface area contributed by atoms with E-state index < -0.39 is 18.4 Å². The van der Waals surface area contributed by atoms with Gasteiger partial charge in [-0.25, -0.2) is 4.79 Å². The minimum Gasteiger partial charge on any atom is -0.480 e. The van der Waals surface area contributed by atoms with Crippen molar-refractivity contribution in [2.24, 2.45) is 0 Å². The number of carbonyl (C=O) groups excluding carboxylic acids is 2. The quantitative estimate of drug-likeness (QED) is 0.512. The highest BCUT2D eigenvalue weighted by atomic mass is 16.6. The fourth-order valence-electron chi connectivity index (χ4n) is 1.82. The van der Waals surface area contributed by atoms with Gasteiger partial charge in [0.05, 0.1) is 6.61 Å². The van der Waals surface area contributed by atoms with Crippen LogP contribution in [0.5, 0.6) is 0 Å². The Bertz CT molecular complexity index is 503. The molecule has 120 valence electrons. The van der Waals surface area contributed by atoms with E-state index in [0.717, 1.165) is 0 Å². The monoisotopic (exact) mass is 310 g/mol. The van der Waals surface area contributed by atoms with E-state index in [0.29, 0.717) is 32.8 Å². The average molecular weight is 310 g/mol. The van der Waals surface area contributed by atoms with Gasteiger partial charge in [0, 0.05) is 32.4 Å². The van der Waals surface area contributed by atoms with Gasteiger partial charge in [-0.1, -0.05) is 0 Å². The summed E-state index contributed by atoms with van der Waals surface area (Å²) < 4.78 is 4.89. The number of nitrogens with zero attached hydrogens (tertiary/aromatic N) is 3. The van der Waals surface area contributed by atoms with Gasteiger partial charge in [-0.15, -0.1) is 0 Å². The van der Waals surface area contributed by atoms with Crippen LogP contribution in [0, 0.1) is 11.3 Å². The minimum atomic E-state index is -1.19. The molecule has 0 aromatic heterocycles. The largest absolute Gasteiger partial charge is 0.480 e. The Labute approximate surface area is 127 Å². The first kappa shape index (κ1) is 17.3. The highest BCUT2D eigenvalue weighted by Crippen LogP contribution is 2.06. The van der Waals surface area contributed by atoms with Crippen molar-refractivity contribution < 1.29 is 24.2 Å². The Balaban J connectivity index is 2.55. The number of hydrogen-bond donors (Lipinski definition) is 2. The van der Waals surface area contributed by atoms with Crippen LogP contribution in [0.15, 0.2) is 11.8 Å². The number of aliphatic carboxylic acids is 1. The Kier molecular flexibility index (Phi) is 6.69. The number of ether oxygens (including phenoxy) is 1. The van der Waals surface area contributed by atoms with Crippen LogP contribution >= 0.6 is 0 Å². The van der Waals surface area contributed by atoms with Crippen LogP contribution in [0.3, 0.4) is 0 Å². The Morgan fingerprint density at radius 2 is 1.95 bits per heavy atom. The topological polar surface area (TPSA) is 123 Å². The Morgan fingerprint density at radius 1 is 1.32 bits per heavy atom. The fraction of sp³-hybridized carbons (Fsp3) is 0.538. The number of carboxylic acid groups (broad SMARTS) is 1. The molecule has 1 aliphatic rings. The predicted molar refractivity (Wildman–Crippen MR) is 74.5 cm³/mol. The van der Waals surface area contributed by atoms with E-state index in [9.17, 15) is 14.4 Å². The third kappa shape index (κ3) is 5.32. The maximum absolute atomic E-state index is 11.6. The van der Waals surface area contributed by atoms with Gasteiger partial charge >= 0.3 is 12.1 Å². The number of nitriles is 1. The molecule has 1 fully saturated rings. The lowest BCUT2D eigenvalue weighted by molar-refractivity contribution is -0.137. The first-order valence-electron chi connectivity index (χ1n) is 6.75. The van der Waals surface area contributed by atoms with Gasteiger partial charge in [0.25, 0.3) is 5.91 Å². The zero-order valence-corrected chi connectivity index (χ0v) is 12.2. The number of hydrogen-bond acceptors (Lipinski definition) is 6. The number of nitrogens with one attached hydrogen (secondary N) is 1. The smallest absolute Gasteiger partial charge is 0.409 e. The molecule has 0 aromatic carbocycles. The molecule has 0 saturated carbocycles. The summed E-state index contributed by atoms with van der Waals surface area (Å²) in [6, 6.07) is 1.74. The van der Waals surface area contributed by atoms with Gasteiger partial charge in [-0.3, -0.25) is 9.59 Å². The van der Waals surface area contributed by atoms with Gasteiger partial charge in [0.15, 0.2) is 0 Å². The van der Waals surface area contributed by atoms with E-state index >= 15 is 0 Å². The summed E-state index contributed by atoms with van der Waals surface area (Å²) in [6.07, 6.45) is 0.991. The normalized spacial score (nSPS) is 15.0. The summed E-state index contributed by atoms with van der Waals surface area (Å²) >= 11 is 0. The van der Waals surface area contributed by atoms with Crippen LogP contribution in [-0.4, -0.2) is 72.2 Å². The average Bonchev–Trinajstić information content (AvgIpc) is 2.51. The molecule has 9 heteroatoms. The van der Waals surface area contributed by atoms with Crippen molar-refractivity contribution in [2.75, 3.05) is 39.3 Å². The molecular weight excluding hydrogens is 292 g/mol. The Hall–Kier alpha value is -2.76. The molecule has 0 atom stereocenters. The van der Waals surface area contributed by atoms with Crippen molar-refractivity contribution in [2.45, 2.75) is 6.92 Å². The second-order valence-corrected chi connectivity index (χ2v) is 4.45. The van der Waals surface area contributed by atoms with E-state index in [2.05, 4.69) is 5.32 Å². The molecule has 9 nitrogen and oxygen atoms in total. The highest BCUT2D eigenvalue weighted by molar-refractivity contribution is 5.98. The van der Waals surface area contributed by atoms with E-state index in [1.165, 1.54) is 6.20 Å². The van der Waals surface area contributed by atoms with Crippen LogP contribution in [-0.2, 0) is 14.3 Å². The van der Waals surface area contributed by atoms with Gasteiger partial charge < -0.3 is 25.0 Å². The molecule has 0 aliphatic carbocycles. The first-order valence-corrected chi connectivity index (χ1v) is 6.75. The molecule has 2 N–H and O–H groups in total. The second kappa shape index (κ2) is 8.51. The third-order valence-electron chi connectivity index (χ3n) is 2.92. The number of carboxylic acids is 1. The molecular formula is C13H18N4O5. The first-order chi connectivity index (χ1) is 10.5. The number of piperazine rings is 1. The lowest BCUT2D eigenvalue weighted by atomic mass is 10.2. The van der Waals surface area contributed by atoms with Crippen LogP contribution in [0.2, 0.25) is 0 Å². The minimum absolute atomic E-state index is 0.175. The maximum Gasteiger partial charge on any atom is 0.409 e. The van der Waals surface area contributed by atoms with Gasteiger partial charge in [0.2, 0.25) is 0 Å². The number of carbonyl (C=O) groups is 3. The molecule has 0 spiro atoms. The molecule has 0 bridgehead atoms. The highest BCUT2D eigenvalue weighted by Gasteiger charge is 2.21. The SMILES string of the molecule is CCOC(=O)N1CCN(/C=C(/C#N)C(=O)NCC(=O)O)CC1. The summed E-state index contributed by atoms with van der Waals surface area (Å²) in [4.78, 5) is 36.8. The molecule has 2 amide bonds. The molecule has 1 saturated heterocycles. The third-order valence-corrected chi connectivity index (χ3v) is 2.92. The van der Waals surface area contributed by atoms with Crippen molar-refractivity contribution in [3.8, 4) is 6.07 Å². The van der Waals surface area contributed by atoms with Crippen LogP contribution in [0.1, 0.15) is 6.92 Å². The number of rotatable bonds is 5. The van der Waals surface area contributed by atoms with Gasteiger partial charge in [-0.05, 0) is 6.92 Å². The Morgan fingerprint density at radius 3 is 2.45 bits per heavy atom. The summed E-state index contributed by atoms with van der Waals surface area (Å²) in [5.74, 6) is -1.92. The van der Waals surface area contributed by atoms with Crippen molar-refractivity contribution in [3.63, 3.8) is 0 Å². The molecule has 22 heavy (non-hydrogen) atoms. The summed E-state index contributed by atoms with van der Waals surface area (Å²) in [6.45, 7) is 3.24. The molecule has 1 aliphatic heterocycles. The van der Waals surface area contributed by atoms with Crippen LogP contribution in [0.25, 0.3) is 0 Å². The maximum atomic E-state index is 11.6. The van der Waals surface area contributed by atoms with E-state index in [-0.39, 0.29) is 11.7 Å². The molecule has 0 aromatic rings. The zero-order valence-electron chi connectivity index (χ0n) is 12.2. The van der Waals surface area contributed by atoms with Crippen LogP contribution < -0.4 is 5.32 Å². The van der Waals surface area contributed by atoms with E-state index in [1.54, 1.807) is 22.8 Å². The second-order valence-electron chi connectivity index (χ2n) is 4.45. The fourth-order valence-corrected chi connectivity index (χ4v) is 1.82.